The van der Waals surface area contributed by atoms with E-state index < -0.39 is 0 Å². The van der Waals surface area contributed by atoms with Crippen molar-refractivity contribution in [1.29, 1.82) is 0 Å². The van der Waals surface area contributed by atoms with Gasteiger partial charge in [0.25, 0.3) is 0 Å². The molecule has 4 rings (SSSR count). The molecule has 1 fully saturated rings. The van der Waals surface area contributed by atoms with Gasteiger partial charge in [-0.3, -0.25) is 4.90 Å². The maximum absolute atomic E-state index is 5.88. The largest absolute Gasteiger partial charge is 0.316 e. The monoisotopic (exact) mass is 428 g/mol. The van der Waals surface area contributed by atoms with Gasteiger partial charge in [0.2, 0.25) is 0 Å². The number of aryl methyl sites for hydroxylation is 2. The first kappa shape index (κ1) is 20.2. The highest BCUT2D eigenvalue weighted by atomic mass is 35.5. The third-order valence-corrected chi connectivity index (χ3v) is 6.18. The third-order valence-electron chi connectivity index (χ3n) is 5.13. The van der Waals surface area contributed by atoms with Crippen LogP contribution in [0, 0.1) is 19.8 Å². The van der Waals surface area contributed by atoms with Gasteiger partial charge in [-0.25, -0.2) is 19.9 Å². The Hall–Kier alpha value is -2.09. The Labute approximate surface area is 180 Å². The van der Waals surface area contributed by atoms with Crippen molar-refractivity contribution >= 4 is 33.9 Å². The first-order valence-corrected chi connectivity index (χ1v) is 11.1. The Morgan fingerprint density at radius 3 is 2.66 bits per heavy atom. The lowest BCUT2D eigenvalue weighted by Gasteiger charge is -2.31. The summed E-state index contributed by atoms with van der Waals surface area (Å²) in [6.45, 7) is 7.17. The van der Waals surface area contributed by atoms with Gasteiger partial charge >= 0.3 is 0 Å². The Balaban J connectivity index is 1.32. The molecule has 8 heteroatoms. The Kier molecular flexibility index (Phi) is 6.37. The van der Waals surface area contributed by atoms with E-state index in [1.54, 1.807) is 11.3 Å². The number of hydrogen-bond acceptors (Lipinski definition) is 7. The Morgan fingerprint density at radius 1 is 1.14 bits per heavy atom. The lowest BCUT2D eigenvalue weighted by molar-refractivity contribution is 0.176. The first-order valence-electron chi connectivity index (χ1n) is 9.90. The van der Waals surface area contributed by atoms with E-state index in [9.17, 15) is 0 Å². The number of piperidine rings is 1. The second kappa shape index (κ2) is 9.15. The lowest BCUT2D eigenvalue weighted by Crippen LogP contribution is -2.34. The zero-order chi connectivity index (χ0) is 20.2. The summed E-state index contributed by atoms with van der Waals surface area (Å²) in [4.78, 5) is 21.6. The maximum atomic E-state index is 5.88. The van der Waals surface area contributed by atoms with Crippen molar-refractivity contribution in [1.82, 2.24) is 24.8 Å². The molecule has 0 aromatic carbocycles. The molecular weight excluding hydrogens is 404 g/mol. The average molecular weight is 429 g/mol. The standard InChI is InChI=1S/C21H25ClN6S/c1-14-9-19(27-21-24-11-15(2)29-21)26-20(25-14)10-16-5-7-28(8-6-16)13-17-3-4-18(22)23-12-17/h3-4,9,11-12,16H,5-8,10,13H2,1-2H3,(H,24,25,26,27). The molecule has 0 atom stereocenters. The molecule has 0 amide bonds. The molecule has 4 heterocycles. The number of thiazole rings is 1. The number of nitrogens with zero attached hydrogens (tertiary/aromatic N) is 5. The zero-order valence-electron chi connectivity index (χ0n) is 16.7. The van der Waals surface area contributed by atoms with Crippen molar-refractivity contribution in [3.63, 3.8) is 0 Å². The van der Waals surface area contributed by atoms with Crippen molar-refractivity contribution in [3.05, 3.63) is 57.7 Å². The van der Waals surface area contributed by atoms with E-state index in [0.717, 1.165) is 61.4 Å². The first-order chi connectivity index (χ1) is 14.0. The fourth-order valence-electron chi connectivity index (χ4n) is 3.67. The van der Waals surface area contributed by atoms with Crippen molar-refractivity contribution in [2.75, 3.05) is 18.4 Å². The second-order valence-corrected chi connectivity index (χ2v) is 9.25. The predicted molar refractivity (Wildman–Crippen MR) is 118 cm³/mol. The van der Waals surface area contributed by atoms with E-state index in [-0.39, 0.29) is 0 Å². The molecule has 3 aromatic heterocycles. The quantitative estimate of drug-likeness (QED) is 0.569. The van der Waals surface area contributed by atoms with E-state index in [0.29, 0.717) is 11.1 Å². The summed E-state index contributed by atoms with van der Waals surface area (Å²) >= 11 is 7.51. The number of nitrogens with one attached hydrogen (secondary N) is 1. The van der Waals surface area contributed by atoms with Gasteiger partial charge in [-0.15, -0.1) is 11.3 Å². The van der Waals surface area contributed by atoms with Crippen LogP contribution in [0.25, 0.3) is 0 Å². The normalized spacial score (nSPS) is 15.6. The summed E-state index contributed by atoms with van der Waals surface area (Å²) in [5, 5.41) is 4.73. The fourth-order valence-corrected chi connectivity index (χ4v) is 4.46. The Morgan fingerprint density at radius 2 is 1.97 bits per heavy atom. The third kappa shape index (κ3) is 5.72. The van der Waals surface area contributed by atoms with Gasteiger partial charge < -0.3 is 5.32 Å². The number of pyridine rings is 1. The summed E-state index contributed by atoms with van der Waals surface area (Å²) < 4.78 is 0. The van der Waals surface area contributed by atoms with Crippen LogP contribution in [0.3, 0.4) is 0 Å². The lowest BCUT2D eigenvalue weighted by atomic mass is 9.93. The van der Waals surface area contributed by atoms with Crippen LogP contribution in [0.2, 0.25) is 5.15 Å². The van der Waals surface area contributed by atoms with E-state index >= 15 is 0 Å². The van der Waals surface area contributed by atoms with E-state index in [2.05, 4.69) is 38.2 Å². The van der Waals surface area contributed by atoms with Crippen LogP contribution in [0.5, 0.6) is 0 Å². The molecule has 0 unspecified atom stereocenters. The van der Waals surface area contributed by atoms with Crippen molar-refractivity contribution in [3.8, 4) is 0 Å². The second-order valence-electron chi connectivity index (χ2n) is 7.62. The highest BCUT2D eigenvalue weighted by Crippen LogP contribution is 2.24. The zero-order valence-corrected chi connectivity index (χ0v) is 18.3. The minimum atomic E-state index is 0.546. The minimum Gasteiger partial charge on any atom is -0.316 e. The number of aromatic nitrogens is 4. The van der Waals surface area contributed by atoms with Gasteiger partial charge in [-0.2, -0.15) is 0 Å². The molecule has 0 saturated carbocycles. The van der Waals surface area contributed by atoms with Crippen LogP contribution in [0.4, 0.5) is 10.9 Å². The van der Waals surface area contributed by atoms with Gasteiger partial charge in [-0.05, 0) is 57.3 Å². The molecule has 1 aliphatic rings. The number of rotatable bonds is 6. The summed E-state index contributed by atoms with van der Waals surface area (Å²) in [5.74, 6) is 2.36. The molecule has 29 heavy (non-hydrogen) atoms. The van der Waals surface area contributed by atoms with Crippen molar-refractivity contribution in [2.24, 2.45) is 5.92 Å². The van der Waals surface area contributed by atoms with Gasteiger partial charge in [0.1, 0.15) is 16.8 Å². The van der Waals surface area contributed by atoms with Crippen LogP contribution < -0.4 is 5.32 Å². The summed E-state index contributed by atoms with van der Waals surface area (Å²) in [5.41, 5.74) is 2.20. The number of hydrogen-bond donors (Lipinski definition) is 1. The van der Waals surface area contributed by atoms with E-state index in [1.807, 2.05) is 31.5 Å². The molecule has 6 nitrogen and oxygen atoms in total. The minimum absolute atomic E-state index is 0.546. The van der Waals surface area contributed by atoms with Gasteiger partial charge in [0.15, 0.2) is 5.13 Å². The molecule has 1 saturated heterocycles. The molecule has 0 radical (unpaired) electrons. The van der Waals surface area contributed by atoms with Crippen molar-refractivity contribution < 1.29 is 0 Å². The van der Waals surface area contributed by atoms with E-state index in [1.165, 1.54) is 10.4 Å². The molecule has 0 bridgehead atoms. The highest BCUT2D eigenvalue weighted by Gasteiger charge is 2.21. The number of halogens is 1. The molecule has 0 spiro atoms. The molecule has 1 aliphatic heterocycles. The SMILES string of the molecule is Cc1cc(Nc2ncc(C)s2)nc(CC2CCN(Cc3ccc(Cl)nc3)CC2)n1. The highest BCUT2D eigenvalue weighted by molar-refractivity contribution is 7.15. The summed E-state index contributed by atoms with van der Waals surface area (Å²) in [6.07, 6.45) is 6.98. The molecule has 1 N–H and O–H groups in total. The van der Waals surface area contributed by atoms with Crippen LogP contribution in [0.1, 0.15) is 34.8 Å². The fraction of sp³-hybridized carbons (Fsp3) is 0.429. The maximum Gasteiger partial charge on any atom is 0.188 e. The molecular formula is C21H25ClN6S. The number of anilines is 2. The molecule has 3 aromatic rings. The van der Waals surface area contributed by atoms with Crippen LogP contribution >= 0.6 is 22.9 Å². The van der Waals surface area contributed by atoms with Crippen LogP contribution in [-0.2, 0) is 13.0 Å². The molecule has 152 valence electrons. The predicted octanol–water partition coefficient (Wildman–Crippen LogP) is 4.80. The summed E-state index contributed by atoms with van der Waals surface area (Å²) in [7, 11) is 0. The van der Waals surface area contributed by atoms with Gasteiger partial charge in [0, 0.05) is 42.0 Å². The van der Waals surface area contributed by atoms with Gasteiger partial charge in [-0.1, -0.05) is 17.7 Å². The smallest absolute Gasteiger partial charge is 0.188 e. The summed E-state index contributed by atoms with van der Waals surface area (Å²) in [6, 6.07) is 5.89. The Bertz CT molecular complexity index is 950. The van der Waals surface area contributed by atoms with Crippen LogP contribution in [0.15, 0.2) is 30.6 Å². The van der Waals surface area contributed by atoms with Crippen molar-refractivity contribution in [2.45, 2.75) is 39.7 Å². The topological polar surface area (TPSA) is 66.8 Å². The van der Waals surface area contributed by atoms with Gasteiger partial charge in [0.05, 0.1) is 0 Å². The average Bonchev–Trinajstić information content (AvgIpc) is 3.09. The number of likely N-dealkylation sites (tertiary alicyclic amines) is 1. The molecule has 0 aliphatic carbocycles. The van der Waals surface area contributed by atoms with E-state index in [4.69, 9.17) is 16.6 Å². The van der Waals surface area contributed by atoms with Crippen LogP contribution in [-0.4, -0.2) is 37.9 Å².